The number of hydrogen-bond donors (Lipinski definition) is 2. The van der Waals surface area contributed by atoms with Gasteiger partial charge in [0.05, 0.1) is 6.54 Å². The number of rotatable bonds is 7. The van der Waals surface area contributed by atoms with Crippen molar-refractivity contribution < 1.29 is 9.59 Å². The fourth-order valence-corrected chi connectivity index (χ4v) is 1.75. The van der Waals surface area contributed by atoms with Crippen molar-refractivity contribution in [2.45, 2.75) is 19.8 Å². The Bertz CT molecular complexity index is 458. The fraction of sp³-hybridized carbons (Fsp3) is 0.467. The van der Waals surface area contributed by atoms with Crippen molar-refractivity contribution in [3.8, 4) is 0 Å². The number of anilines is 1. The van der Waals surface area contributed by atoms with E-state index >= 15 is 0 Å². The maximum atomic E-state index is 11.5. The highest BCUT2D eigenvalue weighted by molar-refractivity contribution is 5.80. The predicted molar refractivity (Wildman–Crippen MR) is 80.6 cm³/mol. The molecule has 0 radical (unpaired) electrons. The van der Waals surface area contributed by atoms with Crippen LogP contribution in [0.25, 0.3) is 0 Å². The van der Waals surface area contributed by atoms with E-state index in [2.05, 4.69) is 10.6 Å². The largest absolute Gasteiger partial charge is 0.376 e. The lowest BCUT2D eigenvalue weighted by Crippen LogP contribution is -2.29. The summed E-state index contributed by atoms with van der Waals surface area (Å²) in [5.74, 6) is 0.0892. The first-order chi connectivity index (χ1) is 9.52. The number of benzene rings is 1. The highest BCUT2D eigenvalue weighted by Gasteiger charge is 2.05. The molecule has 2 amide bonds. The highest BCUT2D eigenvalue weighted by Crippen LogP contribution is 2.12. The Morgan fingerprint density at radius 2 is 2.00 bits per heavy atom. The van der Waals surface area contributed by atoms with Crippen LogP contribution >= 0.6 is 0 Å². The van der Waals surface area contributed by atoms with Crippen LogP contribution in [0.1, 0.15) is 18.9 Å². The molecule has 0 spiro atoms. The molecule has 5 heteroatoms. The SMILES string of the molecule is CCNC(=O)CNc1cccc(CCC(=O)N(C)C)c1. The van der Waals surface area contributed by atoms with E-state index in [1.165, 1.54) is 0 Å². The summed E-state index contributed by atoms with van der Waals surface area (Å²) in [6, 6.07) is 7.80. The number of likely N-dealkylation sites (N-methyl/N-ethyl adjacent to an activating group) is 1. The Hall–Kier alpha value is -2.04. The van der Waals surface area contributed by atoms with Gasteiger partial charge in [0.25, 0.3) is 0 Å². The van der Waals surface area contributed by atoms with Crippen molar-refractivity contribution >= 4 is 17.5 Å². The molecular weight excluding hydrogens is 254 g/mol. The van der Waals surface area contributed by atoms with Crippen molar-refractivity contribution in [2.75, 3.05) is 32.5 Å². The second kappa shape index (κ2) is 8.19. The van der Waals surface area contributed by atoms with E-state index in [1.807, 2.05) is 31.2 Å². The van der Waals surface area contributed by atoms with Gasteiger partial charge in [-0.2, -0.15) is 0 Å². The lowest BCUT2D eigenvalue weighted by molar-refractivity contribution is -0.128. The first kappa shape index (κ1) is 16.0. The highest BCUT2D eigenvalue weighted by atomic mass is 16.2. The smallest absolute Gasteiger partial charge is 0.239 e. The van der Waals surface area contributed by atoms with Crippen LogP contribution < -0.4 is 10.6 Å². The molecule has 5 nitrogen and oxygen atoms in total. The van der Waals surface area contributed by atoms with Crippen molar-refractivity contribution in [2.24, 2.45) is 0 Å². The number of nitrogens with one attached hydrogen (secondary N) is 2. The molecule has 110 valence electrons. The monoisotopic (exact) mass is 277 g/mol. The van der Waals surface area contributed by atoms with Gasteiger partial charge in [0, 0.05) is 32.7 Å². The number of aryl methyl sites for hydroxylation is 1. The molecule has 0 aliphatic rings. The van der Waals surface area contributed by atoms with Gasteiger partial charge in [0.1, 0.15) is 0 Å². The minimum Gasteiger partial charge on any atom is -0.376 e. The van der Waals surface area contributed by atoms with Gasteiger partial charge in [0.15, 0.2) is 0 Å². The van der Waals surface area contributed by atoms with E-state index in [1.54, 1.807) is 19.0 Å². The zero-order chi connectivity index (χ0) is 15.0. The molecule has 0 atom stereocenters. The van der Waals surface area contributed by atoms with E-state index in [0.29, 0.717) is 19.4 Å². The molecular formula is C15H23N3O2. The fourth-order valence-electron chi connectivity index (χ4n) is 1.75. The van der Waals surface area contributed by atoms with Gasteiger partial charge in [0.2, 0.25) is 11.8 Å². The van der Waals surface area contributed by atoms with Crippen LogP contribution in [0, 0.1) is 0 Å². The van der Waals surface area contributed by atoms with Gasteiger partial charge in [-0.25, -0.2) is 0 Å². The first-order valence-corrected chi connectivity index (χ1v) is 6.82. The zero-order valence-corrected chi connectivity index (χ0v) is 12.4. The van der Waals surface area contributed by atoms with Crippen LogP contribution in [-0.2, 0) is 16.0 Å². The summed E-state index contributed by atoms with van der Waals surface area (Å²) in [7, 11) is 3.51. The van der Waals surface area contributed by atoms with Gasteiger partial charge in [-0.15, -0.1) is 0 Å². The molecule has 0 unspecified atom stereocenters. The van der Waals surface area contributed by atoms with Crippen molar-refractivity contribution in [1.82, 2.24) is 10.2 Å². The zero-order valence-electron chi connectivity index (χ0n) is 12.4. The molecule has 0 heterocycles. The Morgan fingerprint density at radius 1 is 1.25 bits per heavy atom. The predicted octanol–water partition coefficient (Wildman–Crippen LogP) is 1.26. The summed E-state index contributed by atoms with van der Waals surface area (Å²) in [4.78, 5) is 24.5. The number of amides is 2. The second-order valence-corrected chi connectivity index (χ2v) is 4.80. The van der Waals surface area contributed by atoms with Crippen molar-refractivity contribution in [3.05, 3.63) is 29.8 Å². The summed E-state index contributed by atoms with van der Waals surface area (Å²) >= 11 is 0. The van der Waals surface area contributed by atoms with Gasteiger partial charge in [-0.3, -0.25) is 9.59 Å². The second-order valence-electron chi connectivity index (χ2n) is 4.80. The molecule has 0 aromatic heterocycles. The lowest BCUT2D eigenvalue weighted by atomic mass is 10.1. The van der Waals surface area contributed by atoms with E-state index in [-0.39, 0.29) is 18.4 Å². The molecule has 2 N–H and O–H groups in total. The maximum Gasteiger partial charge on any atom is 0.239 e. The molecule has 0 saturated heterocycles. The topological polar surface area (TPSA) is 61.4 Å². The summed E-state index contributed by atoms with van der Waals surface area (Å²) in [5, 5.41) is 5.80. The third kappa shape index (κ3) is 5.73. The van der Waals surface area contributed by atoms with Gasteiger partial charge in [-0.05, 0) is 31.0 Å². The van der Waals surface area contributed by atoms with E-state index in [0.717, 1.165) is 11.3 Å². The number of nitrogens with zero attached hydrogens (tertiary/aromatic N) is 1. The van der Waals surface area contributed by atoms with Crippen LogP contribution in [0.5, 0.6) is 0 Å². The molecule has 1 aromatic rings. The van der Waals surface area contributed by atoms with Gasteiger partial charge >= 0.3 is 0 Å². The van der Waals surface area contributed by atoms with Gasteiger partial charge in [-0.1, -0.05) is 12.1 Å². The normalized spacial score (nSPS) is 9.95. The third-order valence-electron chi connectivity index (χ3n) is 2.88. The van der Waals surface area contributed by atoms with Crippen LogP contribution in [0.2, 0.25) is 0 Å². The van der Waals surface area contributed by atoms with E-state index < -0.39 is 0 Å². The molecule has 0 aliphatic heterocycles. The summed E-state index contributed by atoms with van der Waals surface area (Å²) < 4.78 is 0. The standard InChI is InChI=1S/C15H23N3O2/c1-4-16-14(19)11-17-13-7-5-6-12(10-13)8-9-15(20)18(2)3/h5-7,10,17H,4,8-9,11H2,1-3H3,(H,16,19). The van der Waals surface area contributed by atoms with Crippen LogP contribution in [0.3, 0.4) is 0 Å². The quantitative estimate of drug-likeness (QED) is 0.788. The molecule has 1 rings (SSSR count). The Morgan fingerprint density at radius 3 is 2.65 bits per heavy atom. The molecule has 20 heavy (non-hydrogen) atoms. The summed E-state index contributed by atoms with van der Waals surface area (Å²) in [5.41, 5.74) is 1.98. The van der Waals surface area contributed by atoms with Crippen molar-refractivity contribution in [3.63, 3.8) is 0 Å². The summed E-state index contributed by atoms with van der Waals surface area (Å²) in [6.45, 7) is 2.78. The molecule has 0 bridgehead atoms. The van der Waals surface area contributed by atoms with Crippen LogP contribution in [0.15, 0.2) is 24.3 Å². The molecule has 1 aromatic carbocycles. The number of hydrogen-bond acceptors (Lipinski definition) is 3. The van der Waals surface area contributed by atoms with Crippen LogP contribution in [-0.4, -0.2) is 43.9 Å². The molecule has 0 saturated carbocycles. The third-order valence-corrected chi connectivity index (χ3v) is 2.88. The Labute approximate surface area is 120 Å². The average Bonchev–Trinajstić information content (AvgIpc) is 2.43. The van der Waals surface area contributed by atoms with Crippen molar-refractivity contribution in [1.29, 1.82) is 0 Å². The lowest BCUT2D eigenvalue weighted by Gasteiger charge is -2.11. The minimum absolute atomic E-state index is 0.0271. The maximum absolute atomic E-state index is 11.5. The number of carbonyl (C=O) groups excluding carboxylic acids is 2. The minimum atomic E-state index is -0.0271. The molecule has 0 fully saturated rings. The average molecular weight is 277 g/mol. The van der Waals surface area contributed by atoms with E-state index in [9.17, 15) is 9.59 Å². The summed E-state index contributed by atoms with van der Waals surface area (Å²) in [6.07, 6.45) is 1.19. The number of carbonyl (C=O) groups is 2. The van der Waals surface area contributed by atoms with Gasteiger partial charge < -0.3 is 15.5 Å². The first-order valence-electron chi connectivity index (χ1n) is 6.82. The Kier molecular flexibility index (Phi) is 6.56. The molecule has 0 aliphatic carbocycles. The Balaban J connectivity index is 2.49. The van der Waals surface area contributed by atoms with Crippen LogP contribution in [0.4, 0.5) is 5.69 Å². The van der Waals surface area contributed by atoms with E-state index in [4.69, 9.17) is 0 Å².